The SMILES string of the molecule is CS(=O)(=O)c1ccc(CN2CCC3(CCN(CCC(NC(=O)C4CC4)c4ccccc4)CC3)C2=O)cc1.Cl. The Morgan fingerprint density at radius 3 is 2.24 bits per heavy atom. The molecule has 1 unspecified atom stereocenters. The Balaban J connectivity index is 0.00000336. The molecule has 2 amide bonds. The number of hydrogen-bond acceptors (Lipinski definition) is 5. The van der Waals surface area contributed by atoms with Crippen LogP contribution >= 0.6 is 12.4 Å². The largest absolute Gasteiger partial charge is 0.349 e. The fourth-order valence-electron chi connectivity index (χ4n) is 5.73. The summed E-state index contributed by atoms with van der Waals surface area (Å²) < 4.78 is 23.4. The predicted molar refractivity (Wildman–Crippen MR) is 150 cm³/mol. The minimum absolute atomic E-state index is 0. The van der Waals surface area contributed by atoms with Gasteiger partial charge in [-0.05, 0) is 74.9 Å². The molecule has 2 aliphatic heterocycles. The Morgan fingerprint density at radius 1 is 1.00 bits per heavy atom. The summed E-state index contributed by atoms with van der Waals surface area (Å²) in [4.78, 5) is 30.6. The monoisotopic (exact) mass is 559 g/mol. The maximum atomic E-state index is 13.4. The lowest BCUT2D eigenvalue weighted by molar-refractivity contribution is -0.139. The number of amides is 2. The van der Waals surface area contributed by atoms with Crippen molar-refractivity contribution < 1.29 is 18.0 Å². The molecule has 1 spiro atoms. The van der Waals surface area contributed by atoms with Gasteiger partial charge in [0.25, 0.3) is 0 Å². The molecule has 1 N–H and O–H groups in total. The molecular weight excluding hydrogens is 522 g/mol. The van der Waals surface area contributed by atoms with Gasteiger partial charge < -0.3 is 15.1 Å². The molecule has 2 heterocycles. The van der Waals surface area contributed by atoms with Crippen LogP contribution in [0.3, 0.4) is 0 Å². The zero-order valence-corrected chi connectivity index (χ0v) is 23.6. The van der Waals surface area contributed by atoms with Crippen molar-refractivity contribution >= 4 is 34.1 Å². The molecule has 1 saturated carbocycles. The molecule has 2 aromatic carbocycles. The number of hydrogen-bond donors (Lipinski definition) is 1. The topological polar surface area (TPSA) is 86.8 Å². The maximum absolute atomic E-state index is 13.4. The molecular formula is C29H38ClN3O4S. The Labute approximate surface area is 232 Å². The third-order valence-corrected chi connectivity index (χ3v) is 9.47. The lowest BCUT2D eigenvalue weighted by Crippen LogP contribution is -2.45. The van der Waals surface area contributed by atoms with E-state index in [0.717, 1.165) is 75.8 Å². The predicted octanol–water partition coefficient (Wildman–Crippen LogP) is 3.98. The van der Waals surface area contributed by atoms with E-state index < -0.39 is 9.84 Å². The van der Waals surface area contributed by atoms with E-state index in [4.69, 9.17) is 0 Å². The molecule has 3 fully saturated rings. The average molecular weight is 560 g/mol. The first-order chi connectivity index (χ1) is 17.7. The van der Waals surface area contributed by atoms with Crippen LogP contribution in [0.25, 0.3) is 0 Å². The van der Waals surface area contributed by atoms with E-state index >= 15 is 0 Å². The van der Waals surface area contributed by atoms with Gasteiger partial charge in [0.05, 0.1) is 16.4 Å². The summed E-state index contributed by atoms with van der Waals surface area (Å²) in [5.41, 5.74) is 1.83. The summed E-state index contributed by atoms with van der Waals surface area (Å²) >= 11 is 0. The first-order valence-electron chi connectivity index (χ1n) is 13.4. The number of piperidine rings is 1. The van der Waals surface area contributed by atoms with Gasteiger partial charge in [-0.1, -0.05) is 42.5 Å². The van der Waals surface area contributed by atoms with E-state index in [-0.39, 0.29) is 41.6 Å². The number of nitrogens with zero attached hydrogens (tertiary/aromatic N) is 2. The number of rotatable bonds is 9. The standard InChI is InChI=1S/C29H37N3O4S.ClH/c1-37(35,36)25-11-7-22(8-12-25)21-32-20-16-29(28(32)34)14-18-31(19-15-29)17-13-26(23-5-3-2-4-6-23)30-27(33)24-9-10-24;/h2-8,11-12,24,26H,9-10,13-21H2,1H3,(H,30,33);1H. The highest BCUT2D eigenvalue weighted by molar-refractivity contribution is 7.90. The summed E-state index contributed by atoms with van der Waals surface area (Å²) in [6, 6.07) is 17.1. The second-order valence-corrected chi connectivity index (χ2v) is 13.1. The number of sulfone groups is 1. The fourth-order valence-corrected chi connectivity index (χ4v) is 6.36. The van der Waals surface area contributed by atoms with Crippen molar-refractivity contribution in [3.8, 4) is 0 Å². The van der Waals surface area contributed by atoms with Crippen LogP contribution in [0.4, 0.5) is 0 Å². The third-order valence-electron chi connectivity index (χ3n) is 8.34. The van der Waals surface area contributed by atoms with Gasteiger partial charge >= 0.3 is 0 Å². The molecule has 9 heteroatoms. The summed E-state index contributed by atoms with van der Waals surface area (Å²) in [6.45, 7) is 3.94. The van der Waals surface area contributed by atoms with E-state index in [1.54, 1.807) is 12.1 Å². The van der Waals surface area contributed by atoms with Crippen LogP contribution in [-0.2, 0) is 26.0 Å². The normalized spacial score (nSPS) is 20.2. The molecule has 5 rings (SSSR count). The number of benzene rings is 2. The second kappa shape index (κ2) is 11.8. The lowest BCUT2D eigenvalue weighted by Gasteiger charge is -2.38. The Hall–Kier alpha value is -2.42. The van der Waals surface area contributed by atoms with Gasteiger partial charge in [0.1, 0.15) is 0 Å². The highest BCUT2D eigenvalue weighted by Crippen LogP contribution is 2.42. The highest BCUT2D eigenvalue weighted by atomic mass is 35.5. The Kier molecular flexibility index (Phi) is 8.85. The third kappa shape index (κ3) is 6.58. The maximum Gasteiger partial charge on any atom is 0.229 e. The molecule has 38 heavy (non-hydrogen) atoms. The van der Waals surface area contributed by atoms with Crippen LogP contribution in [0.5, 0.6) is 0 Å². The molecule has 2 aromatic rings. The van der Waals surface area contributed by atoms with Crippen molar-refractivity contribution in [2.75, 3.05) is 32.4 Å². The number of carbonyl (C=O) groups is 2. The van der Waals surface area contributed by atoms with Crippen molar-refractivity contribution in [1.29, 1.82) is 0 Å². The molecule has 1 aliphatic carbocycles. The molecule has 0 radical (unpaired) electrons. The van der Waals surface area contributed by atoms with Gasteiger partial charge in [-0.25, -0.2) is 8.42 Å². The smallest absolute Gasteiger partial charge is 0.229 e. The van der Waals surface area contributed by atoms with Crippen molar-refractivity contribution in [3.05, 3.63) is 65.7 Å². The van der Waals surface area contributed by atoms with Crippen LogP contribution in [0.2, 0.25) is 0 Å². The summed E-state index contributed by atoms with van der Waals surface area (Å²) in [5.74, 6) is 0.599. The molecule has 206 valence electrons. The number of nitrogens with one attached hydrogen (secondary N) is 1. The lowest BCUT2D eigenvalue weighted by atomic mass is 9.77. The van der Waals surface area contributed by atoms with Crippen molar-refractivity contribution in [2.45, 2.75) is 56.0 Å². The van der Waals surface area contributed by atoms with Crippen LogP contribution in [0.15, 0.2) is 59.5 Å². The van der Waals surface area contributed by atoms with Crippen LogP contribution < -0.4 is 5.32 Å². The molecule has 3 aliphatic rings. The zero-order valence-electron chi connectivity index (χ0n) is 22.0. The summed E-state index contributed by atoms with van der Waals surface area (Å²) in [6.07, 6.45) is 6.66. The van der Waals surface area contributed by atoms with Crippen LogP contribution in [0, 0.1) is 11.3 Å². The van der Waals surface area contributed by atoms with E-state index in [1.165, 1.54) is 6.26 Å². The van der Waals surface area contributed by atoms with Gasteiger partial charge in [0, 0.05) is 31.8 Å². The van der Waals surface area contributed by atoms with Gasteiger partial charge in [-0.2, -0.15) is 0 Å². The molecule has 0 aromatic heterocycles. The van der Waals surface area contributed by atoms with Crippen LogP contribution in [-0.4, -0.2) is 62.5 Å². The van der Waals surface area contributed by atoms with Gasteiger partial charge in [0.15, 0.2) is 9.84 Å². The van der Waals surface area contributed by atoms with E-state index in [0.29, 0.717) is 11.4 Å². The first-order valence-corrected chi connectivity index (χ1v) is 15.3. The van der Waals surface area contributed by atoms with Gasteiger partial charge in [-0.3, -0.25) is 9.59 Å². The van der Waals surface area contributed by atoms with Crippen molar-refractivity contribution in [3.63, 3.8) is 0 Å². The van der Waals surface area contributed by atoms with Gasteiger partial charge in [-0.15, -0.1) is 12.4 Å². The highest BCUT2D eigenvalue weighted by Gasteiger charge is 2.47. The van der Waals surface area contributed by atoms with E-state index in [2.05, 4.69) is 22.3 Å². The minimum atomic E-state index is -3.22. The quantitative estimate of drug-likeness (QED) is 0.502. The molecule has 0 bridgehead atoms. The first kappa shape index (κ1) is 28.6. The van der Waals surface area contributed by atoms with Crippen LogP contribution in [0.1, 0.15) is 55.7 Å². The number of carbonyl (C=O) groups excluding carboxylic acids is 2. The van der Waals surface area contributed by atoms with Crippen molar-refractivity contribution in [1.82, 2.24) is 15.1 Å². The molecule has 1 atom stereocenters. The summed E-state index contributed by atoms with van der Waals surface area (Å²) in [5, 5.41) is 3.27. The van der Waals surface area contributed by atoms with Gasteiger partial charge in [0.2, 0.25) is 11.8 Å². The average Bonchev–Trinajstić information content (AvgIpc) is 3.71. The van der Waals surface area contributed by atoms with Crippen molar-refractivity contribution in [2.24, 2.45) is 11.3 Å². The number of likely N-dealkylation sites (tertiary alicyclic amines) is 2. The molecule has 7 nitrogen and oxygen atoms in total. The Morgan fingerprint density at radius 2 is 1.63 bits per heavy atom. The minimum Gasteiger partial charge on any atom is -0.349 e. The molecule has 2 saturated heterocycles. The second-order valence-electron chi connectivity index (χ2n) is 11.0. The van der Waals surface area contributed by atoms with E-state index in [1.807, 2.05) is 35.2 Å². The Bertz CT molecular complexity index is 1220. The van der Waals surface area contributed by atoms with E-state index in [9.17, 15) is 18.0 Å². The zero-order chi connectivity index (χ0) is 26.0. The summed E-state index contributed by atoms with van der Waals surface area (Å²) in [7, 11) is -3.22. The fraction of sp³-hybridized carbons (Fsp3) is 0.517. The number of halogens is 1.